The van der Waals surface area contributed by atoms with E-state index < -0.39 is 10.0 Å². The number of nitrogens with one attached hydrogen (secondary N) is 1. The van der Waals surface area contributed by atoms with Gasteiger partial charge in [0.15, 0.2) is 0 Å². The van der Waals surface area contributed by atoms with Gasteiger partial charge in [0.1, 0.15) is 11.9 Å². The van der Waals surface area contributed by atoms with Crippen molar-refractivity contribution >= 4 is 21.6 Å². The van der Waals surface area contributed by atoms with Crippen LogP contribution in [0.3, 0.4) is 0 Å². The lowest BCUT2D eigenvalue weighted by molar-refractivity contribution is -0.694. The van der Waals surface area contributed by atoms with Gasteiger partial charge in [0, 0.05) is 42.0 Å². The molecule has 0 aliphatic carbocycles. The molecule has 0 spiro atoms. The molecular formula is C20H28N9O2S+. The number of fused-ring (bicyclic) bond motifs is 3. The van der Waals surface area contributed by atoms with E-state index in [0.717, 1.165) is 16.9 Å². The molecule has 3 saturated heterocycles. The molecule has 12 heteroatoms. The number of aromatic amines is 1. The van der Waals surface area contributed by atoms with Crippen LogP contribution >= 0.6 is 0 Å². The maximum atomic E-state index is 12.4. The van der Waals surface area contributed by atoms with Crippen molar-refractivity contribution in [3.63, 3.8) is 0 Å². The minimum absolute atomic E-state index is 0.0354. The number of H-pyrrole nitrogens is 1. The highest BCUT2D eigenvalue weighted by molar-refractivity contribution is 7.88. The number of nitrogens with two attached hydrogens (primary N) is 1. The maximum absolute atomic E-state index is 12.4. The number of aromatic nitrogens is 6. The molecule has 3 aromatic heterocycles. The maximum Gasteiger partial charge on any atom is 0.376 e. The highest BCUT2D eigenvalue weighted by Crippen LogP contribution is 2.42. The Hall–Kier alpha value is -2.57. The highest BCUT2D eigenvalue weighted by Gasteiger charge is 2.49. The minimum Gasteiger partial charge on any atom is -0.305 e. The second kappa shape index (κ2) is 7.22. The Morgan fingerprint density at radius 1 is 1.16 bits per heavy atom. The third-order valence-electron chi connectivity index (χ3n) is 7.50. The molecule has 2 unspecified atom stereocenters. The Morgan fingerprint density at radius 3 is 2.56 bits per heavy atom. The van der Waals surface area contributed by atoms with Gasteiger partial charge in [-0.05, 0) is 32.1 Å². The molecule has 0 aromatic carbocycles. The predicted molar refractivity (Wildman–Crippen MR) is 117 cm³/mol. The summed E-state index contributed by atoms with van der Waals surface area (Å²) in [7, 11) is -3.25. The summed E-state index contributed by atoms with van der Waals surface area (Å²) >= 11 is 0. The summed E-state index contributed by atoms with van der Waals surface area (Å²) in [5.41, 5.74) is 8.89. The normalized spacial score (nSPS) is 29.3. The van der Waals surface area contributed by atoms with E-state index in [-0.39, 0.29) is 12.1 Å². The van der Waals surface area contributed by atoms with E-state index in [9.17, 15) is 8.42 Å². The third kappa shape index (κ3) is 3.11. The van der Waals surface area contributed by atoms with Crippen LogP contribution in [0.5, 0.6) is 0 Å². The molecule has 0 amide bonds. The molecular weight excluding hydrogens is 430 g/mol. The van der Waals surface area contributed by atoms with Crippen LogP contribution in [0.15, 0.2) is 24.8 Å². The lowest BCUT2D eigenvalue weighted by atomic mass is 9.98. The van der Waals surface area contributed by atoms with Gasteiger partial charge in [-0.1, -0.05) is 0 Å². The van der Waals surface area contributed by atoms with Gasteiger partial charge < -0.3 is 5.73 Å². The Bertz CT molecular complexity index is 1240. The summed E-state index contributed by atoms with van der Waals surface area (Å²) in [5, 5.41) is 11.4. The Kier molecular flexibility index (Phi) is 4.53. The van der Waals surface area contributed by atoms with Crippen molar-refractivity contribution in [2.45, 2.75) is 56.3 Å². The molecule has 2 atom stereocenters. The molecule has 3 N–H and O–H groups in total. The van der Waals surface area contributed by atoms with E-state index in [1.165, 1.54) is 31.9 Å². The summed E-state index contributed by atoms with van der Waals surface area (Å²) in [6.45, 7) is 0.967. The van der Waals surface area contributed by atoms with Gasteiger partial charge >= 0.3 is 5.95 Å². The van der Waals surface area contributed by atoms with Crippen molar-refractivity contribution in [2.75, 3.05) is 25.1 Å². The quantitative estimate of drug-likeness (QED) is 0.534. The molecule has 3 aromatic rings. The van der Waals surface area contributed by atoms with Crippen molar-refractivity contribution in [2.24, 2.45) is 0 Å². The zero-order valence-electron chi connectivity index (χ0n) is 18.0. The van der Waals surface area contributed by atoms with Crippen LogP contribution in [-0.4, -0.2) is 79.9 Å². The number of rotatable bonds is 4. The molecule has 3 fully saturated rings. The van der Waals surface area contributed by atoms with E-state index in [1.54, 1.807) is 27.4 Å². The average Bonchev–Trinajstić information content (AvgIpc) is 3.55. The van der Waals surface area contributed by atoms with Crippen LogP contribution in [0.2, 0.25) is 0 Å². The molecule has 170 valence electrons. The molecule has 3 aliphatic heterocycles. The number of hydrogen-bond donors (Lipinski definition) is 2. The number of nitrogen functional groups attached to an aromatic ring is 1. The first-order valence-electron chi connectivity index (χ1n) is 11.2. The second-order valence-electron chi connectivity index (χ2n) is 9.24. The smallest absolute Gasteiger partial charge is 0.305 e. The largest absolute Gasteiger partial charge is 0.376 e. The third-order valence-corrected chi connectivity index (χ3v) is 8.77. The summed E-state index contributed by atoms with van der Waals surface area (Å²) in [5.74, 6) is 0.422. The van der Waals surface area contributed by atoms with Crippen molar-refractivity contribution in [3.05, 3.63) is 24.8 Å². The second-order valence-corrected chi connectivity index (χ2v) is 11.2. The van der Waals surface area contributed by atoms with Crippen LogP contribution in [0, 0.1) is 0 Å². The van der Waals surface area contributed by atoms with Crippen molar-refractivity contribution in [3.8, 4) is 11.3 Å². The van der Waals surface area contributed by atoms with Gasteiger partial charge in [0.25, 0.3) is 5.65 Å². The molecule has 2 bridgehead atoms. The van der Waals surface area contributed by atoms with Crippen LogP contribution in [0.25, 0.3) is 16.9 Å². The zero-order valence-corrected chi connectivity index (χ0v) is 18.8. The van der Waals surface area contributed by atoms with E-state index in [1.807, 2.05) is 6.20 Å². The molecule has 11 nitrogen and oxygen atoms in total. The van der Waals surface area contributed by atoms with E-state index in [4.69, 9.17) is 5.73 Å². The Morgan fingerprint density at radius 2 is 1.91 bits per heavy atom. The number of nitrogens with zero attached hydrogens (tertiary/aromatic N) is 7. The lowest BCUT2D eigenvalue weighted by Crippen LogP contribution is -2.62. The predicted octanol–water partition coefficient (Wildman–Crippen LogP) is 0.191. The van der Waals surface area contributed by atoms with Crippen LogP contribution in [0.4, 0.5) is 5.95 Å². The molecule has 6 rings (SSSR count). The fourth-order valence-corrected chi connectivity index (χ4v) is 6.95. The van der Waals surface area contributed by atoms with Crippen molar-refractivity contribution in [1.82, 2.24) is 34.0 Å². The van der Waals surface area contributed by atoms with Gasteiger partial charge in [-0.3, -0.25) is 10.00 Å². The highest BCUT2D eigenvalue weighted by atomic mass is 32.2. The monoisotopic (exact) mass is 458 g/mol. The first-order chi connectivity index (χ1) is 15.4. The van der Waals surface area contributed by atoms with E-state index in [2.05, 4.69) is 29.7 Å². The van der Waals surface area contributed by atoms with Gasteiger partial charge in [0.05, 0.1) is 30.7 Å². The number of sulfonamides is 1. The first-order valence-corrected chi connectivity index (χ1v) is 13.0. The number of piperidine rings is 1. The van der Waals surface area contributed by atoms with Gasteiger partial charge in [0.2, 0.25) is 10.0 Å². The number of anilines is 1. The molecule has 3 aliphatic rings. The summed E-state index contributed by atoms with van der Waals surface area (Å²) in [6, 6.07) is 1.16. The molecule has 0 radical (unpaired) electrons. The SMILES string of the molecule is CS(=O)(=O)N1CCC([n+]2c(N)nn3cc(-c4cn[nH]c4)ncc32)C(N2C3CCC2CC3)C1. The molecule has 32 heavy (non-hydrogen) atoms. The Labute approximate surface area is 186 Å². The standard InChI is InChI=1S/C20H28N9O2S/c1-32(30,31)26-7-6-17(18(12-26)28-14-2-3-15(28)5-4-14)29-19-10-22-16(13-8-23-24-9-13)11-27(19)25-20(29)21/h8-11,14-15,17-18H,2-7,12H2,1H3,(H2,21,25)(H,23,24)/q+1. The van der Waals surface area contributed by atoms with E-state index in [0.29, 0.717) is 37.5 Å². The minimum atomic E-state index is -3.25. The summed E-state index contributed by atoms with van der Waals surface area (Å²) in [4.78, 5) is 7.21. The van der Waals surface area contributed by atoms with Gasteiger partial charge in [-0.2, -0.15) is 5.10 Å². The first kappa shape index (κ1) is 20.1. The van der Waals surface area contributed by atoms with Gasteiger partial charge in [-0.15, -0.1) is 4.52 Å². The summed E-state index contributed by atoms with van der Waals surface area (Å²) in [6.07, 6.45) is 13.9. The Balaban J connectivity index is 1.42. The summed E-state index contributed by atoms with van der Waals surface area (Å²) < 4.78 is 30.2. The van der Waals surface area contributed by atoms with Crippen LogP contribution in [0.1, 0.15) is 38.1 Å². The van der Waals surface area contributed by atoms with E-state index >= 15 is 0 Å². The van der Waals surface area contributed by atoms with Gasteiger partial charge in [-0.25, -0.2) is 22.3 Å². The van der Waals surface area contributed by atoms with Crippen LogP contribution < -0.4 is 10.3 Å². The molecule has 0 saturated carbocycles. The van der Waals surface area contributed by atoms with Crippen molar-refractivity contribution in [1.29, 1.82) is 0 Å². The van der Waals surface area contributed by atoms with Crippen molar-refractivity contribution < 1.29 is 13.0 Å². The fourth-order valence-electron chi connectivity index (χ4n) is 6.09. The lowest BCUT2D eigenvalue weighted by Gasteiger charge is -2.43. The zero-order chi connectivity index (χ0) is 22.0. The topological polar surface area (TPSA) is 129 Å². The average molecular weight is 459 g/mol. The van der Waals surface area contributed by atoms with Crippen LogP contribution in [-0.2, 0) is 10.0 Å². The fraction of sp³-hybridized carbons (Fsp3) is 0.600. The molecule has 6 heterocycles. The number of hydrogen-bond acceptors (Lipinski definition) is 7.